The van der Waals surface area contributed by atoms with Gasteiger partial charge >= 0.3 is 0 Å². The standard InChI is InChI=1S/C14H19IN2O2/c1-10-13(3-2-8-16-10)17-14(18)9-19-12-6-4-11(15)5-7-12/h4-7,10,13,16H,2-3,8-9H2,1H3,(H,17,18). The van der Waals surface area contributed by atoms with Gasteiger partial charge in [0.1, 0.15) is 5.75 Å². The first kappa shape index (κ1) is 14.6. The Hall–Kier alpha value is -0.820. The molecule has 1 saturated heterocycles. The molecule has 19 heavy (non-hydrogen) atoms. The van der Waals surface area contributed by atoms with Gasteiger partial charge < -0.3 is 15.4 Å². The molecule has 1 aliphatic rings. The van der Waals surface area contributed by atoms with E-state index in [1.807, 2.05) is 24.3 Å². The van der Waals surface area contributed by atoms with E-state index < -0.39 is 0 Å². The van der Waals surface area contributed by atoms with Crippen molar-refractivity contribution in [1.29, 1.82) is 0 Å². The van der Waals surface area contributed by atoms with Crippen molar-refractivity contribution in [2.75, 3.05) is 13.2 Å². The van der Waals surface area contributed by atoms with Gasteiger partial charge in [0.25, 0.3) is 5.91 Å². The number of halogens is 1. The Morgan fingerprint density at radius 3 is 2.89 bits per heavy atom. The molecular formula is C14H19IN2O2. The second-order valence-corrected chi connectivity index (χ2v) is 6.05. The van der Waals surface area contributed by atoms with Crippen LogP contribution in [0, 0.1) is 3.57 Å². The molecule has 1 heterocycles. The van der Waals surface area contributed by atoms with Gasteiger partial charge in [0.15, 0.2) is 6.61 Å². The van der Waals surface area contributed by atoms with Crippen molar-refractivity contribution in [3.05, 3.63) is 27.8 Å². The third-order valence-electron chi connectivity index (χ3n) is 3.29. The summed E-state index contributed by atoms with van der Waals surface area (Å²) in [4.78, 5) is 11.8. The lowest BCUT2D eigenvalue weighted by atomic mass is 10.00. The van der Waals surface area contributed by atoms with Crippen molar-refractivity contribution < 1.29 is 9.53 Å². The highest BCUT2D eigenvalue weighted by Gasteiger charge is 2.22. The zero-order valence-electron chi connectivity index (χ0n) is 11.0. The number of carbonyl (C=O) groups excluding carboxylic acids is 1. The molecule has 2 unspecified atom stereocenters. The second kappa shape index (κ2) is 7.09. The first-order valence-electron chi connectivity index (χ1n) is 6.56. The summed E-state index contributed by atoms with van der Waals surface area (Å²) in [6.07, 6.45) is 2.14. The fourth-order valence-corrected chi connectivity index (χ4v) is 2.53. The number of benzene rings is 1. The van der Waals surface area contributed by atoms with Gasteiger partial charge in [-0.25, -0.2) is 0 Å². The van der Waals surface area contributed by atoms with E-state index in [-0.39, 0.29) is 18.6 Å². The van der Waals surface area contributed by atoms with Crippen LogP contribution in [0.4, 0.5) is 0 Å². The van der Waals surface area contributed by atoms with Crippen LogP contribution < -0.4 is 15.4 Å². The molecule has 2 N–H and O–H groups in total. The summed E-state index contributed by atoms with van der Waals surface area (Å²) in [5, 5.41) is 6.38. The molecule has 1 aliphatic heterocycles. The summed E-state index contributed by atoms with van der Waals surface area (Å²) >= 11 is 2.24. The number of nitrogens with one attached hydrogen (secondary N) is 2. The minimum absolute atomic E-state index is 0.0564. The zero-order chi connectivity index (χ0) is 13.7. The van der Waals surface area contributed by atoms with Crippen LogP contribution >= 0.6 is 22.6 Å². The molecule has 1 aromatic rings. The molecule has 2 atom stereocenters. The van der Waals surface area contributed by atoms with Gasteiger partial charge in [0.05, 0.1) is 0 Å². The Kier molecular flexibility index (Phi) is 5.45. The van der Waals surface area contributed by atoms with E-state index in [1.165, 1.54) is 0 Å². The number of hydrogen-bond acceptors (Lipinski definition) is 3. The highest BCUT2D eigenvalue weighted by atomic mass is 127. The smallest absolute Gasteiger partial charge is 0.258 e. The van der Waals surface area contributed by atoms with E-state index in [2.05, 4.69) is 40.1 Å². The molecule has 1 aromatic carbocycles. The molecule has 0 saturated carbocycles. The van der Waals surface area contributed by atoms with Gasteiger partial charge in [-0.3, -0.25) is 4.79 Å². The second-order valence-electron chi connectivity index (χ2n) is 4.80. The largest absolute Gasteiger partial charge is 0.484 e. The Labute approximate surface area is 127 Å². The maximum absolute atomic E-state index is 11.8. The Balaban J connectivity index is 1.76. The average molecular weight is 374 g/mol. The Morgan fingerprint density at radius 1 is 1.47 bits per heavy atom. The van der Waals surface area contributed by atoms with Crippen molar-refractivity contribution in [3.8, 4) is 5.75 Å². The molecule has 1 amide bonds. The van der Waals surface area contributed by atoms with E-state index in [4.69, 9.17) is 4.74 Å². The van der Waals surface area contributed by atoms with E-state index in [0.717, 1.165) is 28.7 Å². The SMILES string of the molecule is CC1NCCCC1NC(=O)COc1ccc(I)cc1. The minimum atomic E-state index is -0.0564. The van der Waals surface area contributed by atoms with Gasteiger partial charge in [0.2, 0.25) is 0 Å². The molecule has 0 aromatic heterocycles. The molecule has 0 aliphatic carbocycles. The van der Waals surface area contributed by atoms with E-state index in [9.17, 15) is 4.79 Å². The van der Waals surface area contributed by atoms with Crippen LogP contribution in [0.3, 0.4) is 0 Å². The summed E-state index contributed by atoms with van der Waals surface area (Å²) in [7, 11) is 0. The fourth-order valence-electron chi connectivity index (χ4n) is 2.17. The number of rotatable bonds is 4. The fraction of sp³-hybridized carbons (Fsp3) is 0.500. The maximum atomic E-state index is 11.8. The van der Waals surface area contributed by atoms with Crippen molar-refractivity contribution in [3.63, 3.8) is 0 Å². The lowest BCUT2D eigenvalue weighted by Gasteiger charge is -2.30. The van der Waals surface area contributed by atoms with E-state index in [1.54, 1.807) is 0 Å². The molecule has 0 bridgehead atoms. The van der Waals surface area contributed by atoms with Crippen LogP contribution in [0.25, 0.3) is 0 Å². The average Bonchev–Trinajstić information content (AvgIpc) is 2.41. The lowest BCUT2D eigenvalue weighted by molar-refractivity contribution is -0.124. The molecule has 104 valence electrons. The summed E-state index contributed by atoms with van der Waals surface area (Å²) in [5.74, 6) is 0.671. The number of hydrogen-bond donors (Lipinski definition) is 2. The quantitative estimate of drug-likeness (QED) is 0.792. The first-order valence-corrected chi connectivity index (χ1v) is 7.64. The molecule has 1 fully saturated rings. The van der Waals surface area contributed by atoms with Gasteiger partial charge in [0, 0.05) is 15.7 Å². The zero-order valence-corrected chi connectivity index (χ0v) is 13.1. The highest BCUT2D eigenvalue weighted by Crippen LogP contribution is 2.13. The monoisotopic (exact) mass is 374 g/mol. The predicted octanol–water partition coefficient (Wildman–Crippen LogP) is 1.93. The van der Waals surface area contributed by atoms with E-state index in [0.29, 0.717) is 6.04 Å². The van der Waals surface area contributed by atoms with Gasteiger partial charge in [-0.2, -0.15) is 0 Å². The van der Waals surface area contributed by atoms with Gasteiger partial charge in [-0.05, 0) is 73.2 Å². The Morgan fingerprint density at radius 2 is 2.21 bits per heavy atom. The first-order chi connectivity index (χ1) is 9.15. The van der Waals surface area contributed by atoms with Crippen LogP contribution in [-0.2, 0) is 4.79 Å². The Bertz CT molecular complexity index is 422. The summed E-state index contributed by atoms with van der Waals surface area (Å²) in [5.41, 5.74) is 0. The molecule has 0 spiro atoms. The van der Waals surface area contributed by atoms with Gasteiger partial charge in [-0.15, -0.1) is 0 Å². The van der Waals surface area contributed by atoms with Crippen molar-refractivity contribution >= 4 is 28.5 Å². The molecule has 0 radical (unpaired) electrons. The van der Waals surface area contributed by atoms with Crippen LogP contribution in [-0.4, -0.2) is 31.1 Å². The molecule has 4 nitrogen and oxygen atoms in total. The highest BCUT2D eigenvalue weighted by molar-refractivity contribution is 14.1. The third kappa shape index (κ3) is 4.65. The van der Waals surface area contributed by atoms with Crippen LogP contribution in [0.15, 0.2) is 24.3 Å². The minimum Gasteiger partial charge on any atom is -0.484 e. The van der Waals surface area contributed by atoms with Crippen LogP contribution in [0.5, 0.6) is 5.75 Å². The summed E-state index contributed by atoms with van der Waals surface area (Å²) in [6, 6.07) is 8.21. The number of amides is 1. The summed E-state index contributed by atoms with van der Waals surface area (Å²) < 4.78 is 6.61. The lowest BCUT2D eigenvalue weighted by Crippen LogP contribution is -2.52. The topological polar surface area (TPSA) is 50.4 Å². The number of carbonyl (C=O) groups is 1. The van der Waals surface area contributed by atoms with Crippen LogP contribution in [0.2, 0.25) is 0 Å². The normalized spacial score (nSPS) is 22.8. The van der Waals surface area contributed by atoms with Crippen molar-refractivity contribution in [2.24, 2.45) is 0 Å². The van der Waals surface area contributed by atoms with E-state index >= 15 is 0 Å². The summed E-state index contributed by atoms with van der Waals surface area (Å²) in [6.45, 7) is 3.21. The molecular weight excluding hydrogens is 355 g/mol. The maximum Gasteiger partial charge on any atom is 0.258 e. The van der Waals surface area contributed by atoms with Crippen LogP contribution in [0.1, 0.15) is 19.8 Å². The van der Waals surface area contributed by atoms with Crippen molar-refractivity contribution in [2.45, 2.75) is 31.8 Å². The van der Waals surface area contributed by atoms with Crippen molar-refractivity contribution in [1.82, 2.24) is 10.6 Å². The molecule has 5 heteroatoms. The number of piperidine rings is 1. The predicted molar refractivity (Wildman–Crippen MR) is 83.3 cm³/mol. The third-order valence-corrected chi connectivity index (χ3v) is 4.01. The molecule has 2 rings (SSSR count). The van der Waals surface area contributed by atoms with Gasteiger partial charge in [-0.1, -0.05) is 0 Å². The number of ether oxygens (including phenoxy) is 1.